The zero-order valence-electron chi connectivity index (χ0n) is 12.5. The van der Waals surface area contributed by atoms with Gasteiger partial charge in [-0.15, -0.1) is 0 Å². The summed E-state index contributed by atoms with van der Waals surface area (Å²) in [7, 11) is 0. The number of hydrogen-bond acceptors (Lipinski definition) is 0. The Kier molecular flexibility index (Phi) is 4.51. The molecule has 0 unspecified atom stereocenters. The molecule has 0 atom stereocenters. The molecule has 0 fully saturated rings. The van der Waals surface area contributed by atoms with Gasteiger partial charge in [0.15, 0.2) is 0 Å². The fourth-order valence-corrected chi connectivity index (χ4v) is 10.5. The van der Waals surface area contributed by atoms with E-state index in [0.29, 0.717) is 0 Å². The molecule has 0 heterocycles. The van der Waals surface area contributed by atoms with E-state index in [1.54, 1.807) is 0 Å². The van der Waals surface area contributed by atoms with Gasteiger partial charge in [0.25, 0.3) is 0 Å². The summed E-state index contributed by atoms with van der Waals surface area (Å²) in [6, 6.07) is 32.6. The van der Waals surface area contributed by atoms with Crippen LogP contribution in [0.3, 0.4) is 0 Å². The summed E-state index contributed by atoms with van der Waals surface area (Å²) in [4.78, 5) is 2.36. The van der Waals surface area contributed by atoms with Crippen molar-refractivity contribution in [1.82, 2.24) is 0 Å². The summed E-state index contributed by atoms with van der Waals surface area (Å²) in [5, 5.41) is 0. The van der Waals surface area contributed by atoms with E-state index >= 15 is 0 Å². The zero-order valence-corrected chi connectivity index (χ0v) is 14.3. The van der Waals surface area contributed by atoms with Gasteiger partial charge in [0, 0.05) is 0 Å². The van der Waals surface area contributed by atoms with Crippen LogP contribution in [0.15, 0.2) is 104 Å². The van der Waals surface area contributed by atoms with Crippen LogP contribution in [0.1, 0.15) is 0 Å². The van der Waals surface area contributed by atoms with Crippen LogP contribution in [0, 0.1) is 0 Å². The quantitative estimate of drug-likeness (QED) is 0.638. The first-order chi connectivity index (χ1) is 10.9. The third-order valence-corrected chi connectivity index (χ3v) is 12.2. The average Bonchev–Trinajstić information content (AvgIpc) is 2.62. The Morgan fingerprint density at radius 2 is 0.864 bits per heavy atom. The van der Waals surface area contributed by atoms with E-state index < -0.39 is 13.1 Å². The van der Waals surface area contributed by atoms with Crippen molar-refractivity contribution >= 4 is 31.0 Å². The van der Waals surface area contributed by atoms with E-state index in [1.165, 1.54) is 13.1 Å². The van der Waals surface area contributed by atoms with Crippen LogP contribution in [0.5, 0.6) is 0 Å². The topological polar surface area (TPSA) is 0 Å². The van der Waals surface area contributed by atoms with Gasteiger partial charge in [-0.05, 0) is 0 Å². The van der Waals surface area contributed by atoms with E-state index in [-0.39, 0.29) is 0 Å². The normalized spacial score (nSPS) is 10.9. The second-order valence-corrected chi connectivity index (χ2v) is 12.0. The van der Waals surface area contributed by atoms with Gasteiger partial charge in [-0.1, -0.05) is 0 Å². The third-order valence-electron chi connectivity index (χ3n) is 3.82. The molecule has 22 heavy (non-hydrogen) atoms. The van der Waals surface area contributed by atoms with E-state index in [1.807, 2.05) is 6.08 Å². The van der Waals surface area contributed by atoms with Crippen molar-refractivity contribution in [3.05, 3.63) is 104 Å². The molecule has 0 aliphatic heterocycles. The number of rotatable bonds is 4. The summed E-state index contributed by atoms with van der Waals surface area (Å²) >= 11 is -2.61. The maximum atomic E-state index is 4.01. The molecule has 3 rings (SSSR count). The van der Waals surface area contributed by atoms with Crippen LogP contribution in [-0.4, -0.2) is 17.9 Å². The number of allylic oxidation sites excluding steroid dienone is 1. The van der Waals surface area contributed by atoms with Crippen LogP contribution in [0.4, 0.5) is 0 Å². The summed E-state index contributed by atoms with van der Waals surface area (Å²) in [6.07, 6.45) is 1.97. The average molecular weight is 346 g/mol. The van der Waals surface area contributed by atoms with Crippen molar-refractivity contribution in [2.45, 2.75) is 0 Å². The molecule has 0 aromatic heterocycles. The van der Waals surface area contributed by atoms with Crippen LogP contribution < -0.4 is 13.1 Å². The Morgan fingerprint density at radius 3 is 1.14 bits per heavy atom. The molecule has 3 aromatic carbocycles. The fraction of sp³-hybridized carbons (Fsp3) is 0. The molecule has 0 aliphatic carbocycles. The summed E-state index contributed by atoms with van der Waals surface area (Å²) < 4.78 is 4.24. The third kappa shape index (κ3) is 2.63. The Morgan fingerprint density at radius 1 is 0.545 bits per heavy atom. The SMILES string of the molecule is C=CC=[As](c1ccccc1)(c1ccccc1)c1ccccc1. The van der Waals surface area contributed by atoms with Crippen LogP contribution in [-0.2, 0) is 0 Å². The molecule has 0 saturated carbocycles. The number of benzene rings is 3. The second-order valence-electron chi connectivity index (χ2n) is 5.11. The molecule has 0 N–H and O–H groups in total. The van der Waals surface area contributed by atoms with E-state index in [4.69, 9.17) is 0 Å². The van der Waals surface area contributed by atoms with Gasteiger partial charge < -0.3 is 0 Å². The molecule has 0 radical (unpaired) electrons. The van der Waals surface area contributed by atoms with E-state index in [9.17, 15) is 0 Å². The predicted molar refractivity (Wildman–Crippen MR) is 100 cm³/mol. The van der Waals surface area contributed by atoms with Crippen molar-refractivity contribution < 1.29 is 0 Å². The van der Waals surface area contributed by atoms with Crippen LogP contribution in [0.25, 0.3) is 0 Å². The van der Waals surface area contributed by atoms with E-state index in [2.05, 4.69) is 102 Å². The Hall–Kier alpha value is -2.17. The minimum absolute atomic E-state index is 1.41. The molecule has 3 aromatic rings. The molecule has 108 valence electrons. The Balaban J connectivity index is 2.40. The monoisotopic (exact) mass is 346 g/mol. The van der Waals surface area contributed by atoms with Gasteiger partial charge in [-0.25, -0.2) is 0 Å². The van der Waals surface area contributed by atoms with E-state index in [0.717, 1.165) is 0 Å². The Bertz CT molecular complexity index is 684. The molecule has 0 amide bonds. The Labute approximate surface area is 134 Å². The van der Waals surface area contributed by atoms with Gasteiger partial charge in [0.2, 0.25) is 0 Å². The first-order valence-electron chi connectivity index (χ1n) is 7.40. The molecule has 1 heteroatoms. The molecular formula is C21H19As. The first-order valence-corrected chi connectivity index (χ1v) is 11.3. The van der Waals surface area contributed by atoms with Crippen molar-refractivity contribution in [2.75, 3.05) is 0 Å². The summed E-state index contributed by atoms with van der Waals surface area (Å²) in [5.74, 6) is 0. The van der Waals surface area contributed by atoms with Gasteiger partial charge >= 0.3 is 135 Å². The van der Waals surface area contributed by atoms with Crippen LogP contribution in [0.2, 0.25) is 0 Å². The molecule has 0 bridgehead atoms. The molecule has 0 saturated heterocycles. The van der Waals surface area contributed by atoms with Crippen molar-refractivity contribution in [2.24, 2.45) is 0 Å². The van der Waals surface area contributed by atoms with Crippen molar-refractivity contribution in [3.8, 4) is 0 Å². The molecule has 0 nitrogen and oxygen atoms in total. The van der Waals surface area contributed by atoms with Gasteiger partial charge in [0.1, 0.15) is 0 Å². The van der Waals surface area contributed by atoms with Gasteiger partial charge in [-0.2, -0.15) is 0 Å². The van der Waals surface area contributed by atoms with Crippen molar-refractivity contribution in [3.63, 3.8) is 0 Å². The molecule has 0 spiro atoms. The first kappa shape index (κ1) is 14.8. The maximum absolute atomic E-state index is 4.01. The predicted octanol–water partition coefficient (Wildman–Crippen LogP) is 2.73. The van der Waals surface area contributed by atoms with Gasteiger partial charge in [-0.3, -0.25) is 0 Å². The molecular weight excluding hydrogens is 327 g/mol. The van der Waals surface area contributed by atoms with Crippen molar-refractivity contribution in [1.29, 1.82) is 0 Å². The van der Waals surface area contributed by atoms with Gasteiger partial charge in [0.05, 0.1) is 0 Å². The fourth-order valence-electron chi connectivity index (χ4n) is 2.85. The number of hydrogen-bond donors (Lipinski definition) is 0. The van der Waals surface area contributed by atoms with Crippen LogP contribution >= 0.6 is 0 Å². The summed E-state index contributed by atoms with van der Waals surface area (Å²) in [5.41, 5.74) is 0. The zero-order chi connectivity index (χ0) is 15.3. The summed E-state index contributed by atoms with van der Waals surface area (Å²) in [6.45, 7) is 4.01. The standard InChI is InChI=1S/C21H19As/c1-2-18-22(19-12-6-3-7-13-19,20-14-8-4-9-15-20)21-16-10-5-11-17-21/h2-18H,1H2. The molecule has 0 aliphatic rings. The minimum atomic E-state index is -2.61. The second kappa shape index (κ2) is 6.73.